The number of nitrogens with zero attached hydrogens (tertiary/aromatic N) is 1. The molecule has 0 bridgehead atoms. The fourth-order valence-electron chi connectivity index (χ4n) is 2.45. The molecule has 0 amide bonds. The number of hydrogen-bond donors (Lipinski definition) is 1. The van der Waals surface area contributed by atoms with Crippen LogP contribution in [0.25, 0.3) is 0 Å². The molecule has 0 saturated carbocycles. The third-order valence-electron chi connectivity index (χ3n) is 3.45. The molecule has 0 spiro atoms. The van der Waals surface area contributed by atoms with E-state index >= 15 is 0 Å². The number of rotatable bonds is 6. The zero-order valence-corrected chi connectivity index (χ0v) is 10.3. The topological polar surface area (TPSA) is 49.8 Å². The minimum absolute atomic E-state index is 0.209. The summed E-state index contributed by atoms with van der Waals surface area (Å²) in [5.41, 5.74) is 0. The predicted octanol–water partition coefficient (Wildman–Crippen LogP) is 1.60. The van der Waals surface area contributed by atoms with E-state index in [1.54, 1.807) is 7.11 Å². The highest BCUT2D eigenvalue weighted by Gasteiger charge is 2.25. The molecule has 0 aromatic rings. The van der Waals surface area contributed by atoms with Crippen molar-refractivity contribution in [1.82, 2.24) is 4.90 Å². The lowest BCUT2D eigenvalue weighted by atomic mass is 9.95. The second-order valence-electron chi connectivity index (χ2n) is 4.59. The highest BCUT2D eigenvalue weighted by atomic mass is 16.5. The molecule has 16 heavy (non-hydrogen) atoms. The number of hydrogen-bond acceptors (Lipinski definition) is 3. The van der Waals surface area contributed by atoms with Gasteiger partial charge in [-0.3, -0.25) is 9.69 Å². The molecule has 1 fully saturated rings. The normalized spacial score (nSPS) is 20.9. The first kappa shape index (κ1) is 13.5. The molecular weight excluding hydrogens is 206 g/mol. The van der Waals surface area contributed by atoms with Gasteiger partial charge in [-0.2, -0.15) is 0 Å². The summed E-state index contributed by atoms with van der Waals surface area (Å²) in [5.74, 6) is -0.0329. The van der Waals surface area contributed by atoms with Crippen LogP contribution in [0, 0.1) is 5.92 Å². The second-order valence-corrected chi connectivity index (χ2v) is 4.59. The molecule has 1 unspecified atom stereocenters. The predicted molar refractivity (Wildman–Crippen MR) is 62.5 cm³/mol. The van der Waals surface area contributed by atoms with Gasteiger partial charge in [0.2, 0.25) is 0 Å². The number of piperidine rings is 1. The quantitative estimate of drug-likeness (QED) is 0.751. The van der Waals surface area contributed by atoms with Gasteiger partial charge in [0.25, 0.3) is 0 Å². The van der Waals surface area contributed by atoms with E-state index in [1.807, 2.05) is 0 Å². The molecule has 1 aliphatic rings. The molecule has 0 aromatic heterocycles. The van der Waals surface area contributed by atoms with Crippen molar-refractivity contribution in [1.29, 1.82) is 0 Å². The maximum atomic E-state index is 10.7. The van der Waals surface area contributed by atoms with Gasteiger partial charge in [-0.25, -0.2) is 0 Å². The SMILES string of the molecule is CCC(CC(=O)O)N1CCC(COC)CC1. The van der Waals surface area contributed by atoms with Crippen molar-refractivity contribution in [2.24, 2.45) is 5.92 Å². The van der Waals surface area contributed by atoms with Gasteiger partial charge in [0.1, 0.15) is 0 Å². The van der Waals surface area contributed by atoms with Crippen molar-refractivity contribution in [2.75, 3.05) is 26.8 Å². The molecule has 1 rings (SSSR count). The summed E-state index contributed by atoms with van der Waals surface area (Å²) in [7, 11) is 1.74. The van der Waals surface area contributed by atoms with E-state index in [2.05, 4.69) is 11.8 Å². The summed E-state index contributed by atoms with van der Waals surface area (Å²) in [6.07, 6.45) is 3.45. The third-order valence-corrected chi connectivity index (χ3v) is 3.45. The Hall–Kier alpha value is -0.610. The van der Waals surface area contributed by atoms with Crippen LogP contribution in [0.15, 0.2) is 0 Å². The van der Waals surface area contributed by atoms with Gasteiger partial charge in [-0.15, -0.1) is 0 Å². The Morgan fingerprint density at radius 1 is 1.50 bits per heavy atom. The van der Waals surface area contributed by atoms with Crippen molar-refractivity contribution in [3.8, 4) is 0 Å². The third kappa shape index (κ3) is 4.10. The van der Waals surface area contributed by atoms with Gasteiger partial charge in [0.15, 0.2) is 0 Å². The molecule has 0 aromatic carbocycles. The van der Waals surface area contributed by atoms with Gasteiger partial charge in [-0.1, -0.05) is 6.92 Å². The Morgan fingerprint density at radius 3 is 2.56 bits per heavy atom. The molecule has 1 aliphatic heterocycles. The number of ether oxygens (including phenoxy) is 1. The fraction of sp³-hybridized carbons (Fsp3) is 0.917. The Morgan fingerprint density at radius 2 is 2.12 bits per heavy atom. The van der Waals surface area contributed by atoms with Crippen LogP contribution >= 0.6 is 0 Å². The summed E-state index contributed by atoms with van der Waals surface area (Å²) >= 11 is 0. The molecule has 1 saturated heterocycles. The van der Waals surface area contributed by atoms with Crippen LogP contribution in [0.3, 0.4) is 0 Å². The summed E-state index contributed by atoms with van der Waals surface area (Å²) in [4.78, 5) is 13.1. The molecule has 94 valence electrons. The largest absolute Gasteiger partial charge is 0.481 e. The number of carboxylic acids is 1. The average Bonchev–Trinajstić information content (AvgIpc) is 2.27. The van der Waals surface area contributed by atoms with E-state index in [0.29, 0.717) is 5.92 Å². The highest BCUT2D eigenvalue weighted by molar-refractivity contribution is 5.67. The van der Waals surface area contributed by atoms with E-state index in [1.165, 1.54) is 0 Å². The van der Waals surface area contributed by atoms with Crippen molar-refractivity contribution in [2.45, 2.75) is 38.6 Å². The minimum atomic E-state index is -0.689. The second kappa shape index (κ2) is 6.86. The lowest BCUT2D eigenvalue weighted by molar-refractivity contribution is -0.138. The van der Waals surface area contributed by atoms with E-state index in [4.69, 9.17) is 9.84 Å². The molecule has 1 atom stereocenters. The summed E-state index contributed by atoms with van der Waals surface area (Å²) in [5, 5.41) is 8.84. The maximum Gasteiger partial charge on any atom is 0.304 e. The number of carboxylic acid groups (broad SMARTS) is 1. The van der Waals surface area contributed by atoms with Gasteiger partial charge < -0.3 is 9.84 Å². The van der Waals surface area contributed by atoms with Crippen LogP contribution in [0.5, 0.6) is 0 Å². The van der Waals surface area contributed by atoms with E-state index in [9.17, 15) is 4.79 Å². The lowest BCUT2D eigenvalue weighted by Crippen LogP contribution is -2.42. The maximum absolute atomic E-state index is 10.7. The molecule has 4 heteroatoms. The number of methoxy groups -OCH3 is 1. The Balaban J connectivity index is 2.35. The smallest absolute Gasteiger partial charge is 0.304 e. The summed E-state index contributed by atoms with van der Waals surface area (Å²) in [6, 6.07) is 0.209. The Kier molecular flexibility index (Phi) is 5.77. The first-order valence-electron chi connectivity index (χ1n) is 6.12. The van der Waals surface area contributed by atoms with Crippen LogP contribution in [0.2, 0.25) is 0 Å². The van der Waals surface area contributed by atoms with Crippen LogP contribution < -0.4 is 0 Å². The van der Waals surface area contributed by atoms with Crippen LogP contribution in [0.1, 0.15) is 32.6 Å². The van der Waals surface area contributed by atoms with Crippen molar-refractivity contribution < 1.29 is 14.6 Å². The van der Waals surface area contributed by atoms with Crippen molar-refractivity contribution in [3.05, 3.63) is 0 Å². The van der Waals surface area contributed by atoms with Gasteiger partial charge in [0.05, 0.1) is 6.42 Å². The van der Waals surface area contributed by atoms with Crippen LogP contribution in [0.4, 0.5) is 0 Å². The highest BCUT2D eigenvalue weighted by Crippen LogP contribution is 2.21. The zero-order valence-electron chi connectivity index (χ0n) is 10.3. The molecule has 0 radical (unpaired) electrons. The van der Waals surface area contributed by atoms with E-state index in [0.717, 1.165) is 39.0 Å². The zero-order chi connectivity index (χ0) is 12.0. The minimum Gasteiger partial charge on any atom is -0.481 e. The average molecular weight is 229 g/mol. The first-order valence-corrected chi connectivity index (χ1v) is 6.12. The van der Waals surface area contributed by atoms with E-state index < -0.39 is 5.97 Å². The lowest BCUT2D eigenvalue weighted by Gasteiger charge is -2.36. The summed E-state index contributed by atoms with van der Waals surface area (Å²) < 4.78 is 5.16. The molecular formula is C12H23NO3. The van der Waals surface area contributed by atoms with Crippen molar-refractivity contribution in [3.63, 3.8) is 0 Å². The van der Waals surface area contributed by atoms with Gasteiger partial charge >= 0.3 is 5.97 Å². The number of aliphatic carboxylic acids is 1. The van der Waals surface area contributed by atoms with Gasteiger partial charge in [-0.05, 0) is 38.3 Å². The number of carbonyl (C=O) groups is 1. The fourth-order valence-corrected chi connectivity index (χ4v) is 2.45. The van der Waals surface area contributed by atoms with Crippen LogP contribution in [-0.4, -0.2) is 48.8 Å². The Bertz CT molecular complexity index is 212. The molecule has 1 heterocycles. The summed E-state index contributed by atoms with van der Waals surface area (Å²) in [6.45, 7) is 4.93. The monoisotopic (exact) mass is 229 g/mol. The molecule has 4 nitrogen and oxygen atoms in total. The first-order chi connectivity index (χ1) is 7.67. The standard InChI is InChI=1S/C12H23NO3/c1-3-11(8-12(14)15)13-6-4-10(5-7-13)9-16-2/h10-11H,3-9H2,1-2H3,(H,14,15). The Labute approximate surface area is 97.6 Å². The number of likely N-dealkylation sites (tertiary alicyclic amines) is 1. The van der Waals surface area contributed by atoms with Gasteiger partial charge in [0, 0.05) is 19.8 Å². The van der Waals surface area contributed by atoms with Crippen molar-refractivity contribution >= 4 is 5.97 Å². The molecule has 0 aliphatic carbocycles. The molecule has 1 N–H and O–H groups in total. The van der Waals surface area contributed by atoms with E-state index in [-0.39, 0.29) is 12.5 Å². The van der Waals surface area contributed by atoms with Crippen LogP contribution in [-0.2, 0) is 9.53 Å².